The maximum atomic E-state index is 12.0. The van der Waals surface area contributed by atoms with Crippen LogP contribution in [0.2, 0.25) is 0 Å². The molecule has 1 aromatic heterocycles. The van der Waals surface area contributed by atoms with E-state index in [0.717, 1.165) is 0 Å². The maximum Gasteiger partial charge on any atom is 0.354 e. The SMILES string of the molecule is N#CC12CC(NC(=O)c3cccc(C(=O)O)n3)(C1)C2. The summed E-state index contributed by atoms with van der Waals surface area (Å²) in [5.41, 5.74) is -0.563. The molecule has 2 bridgehead atoms. The van der Waals surface area contributed by atoms with E-state index in [-0.39, 0.29) is 28.2 Å². The molecule has 4 rings (SSSR count). The van der Waals surface area contributed by atoms with Crippen LogP contribution in [0.25, 0.3) is 0 Å². The van der Waals surface area contributed by atoms with Gasteiger partial charge in [0.05, 0.1) is 11.5 Å². The molecular weight excluding hydrogens is 246 g/mol. The summed E-state index contributed by atoms with van der Waals surface area (Å²) in [6.07, 6.45) is 2.04. The van der Waals surface area contributed by atoms with Crippen LogP contribution >= 0.6 is 0 Å². The van der Waals surface area contributed by atoms with Crippen LogP contribution in [0.4, 0.5) is 0 Å². The monoisotopic (exact) mass is 257 g/mol. The lowest BCUT2D eigenvalue weighted by Crippen LogP contribution is -2.74. The standard InChI is InChI=1S/C13H11N3O3/c14-7-12-4-13(5-12,6-12)16-10(17)8-2-1-3-9(15-8)11(18)19/h1-3H,4-6H2,(H,16,17)(H,18,19). The van der Waals surface area contributed by atoms with Gasteiger partial charge in [-0.05, 0) is 31.4 Å². The lowest BCUT2D eigenvalue weighted by molar-refractivity contribution is -0.102. The molecule has 0 radical (unpaired) electrons. The third-order valence-electron chi connectivity index (χ3n) is 3.85. The van der Waals surface area contributed by atoms with Gasteiger partial charge in [0.15, 0.2) is 0 Å². The number of rotatable bonds is 3. The Kier molecular flexibility index (Phi) is 2.17. The lowest BCUT2D eigenvalue weighted by Gasteiger charge is -2.66. The molecule has 0 atom stereocenters. The molecule has 19 heavy (non-hydrogen) atoms. The summed E-state index contributed by atoms with van der Waals surface area (Å²) in [5, 5.41) is 20.6. The minimum Gasteiger partial charge on any atom is -0.477 e. The molecule has 1 heterocycles. The quantitative estimate of drug-likeness (QED) is 0.839. The Morgan fingerprint density at radius 3 is 2.53 bits per heavy atom. The van der Waals surface area contributed by atoms with Crippen LogP contribution in [-0.4, -0.2) is 27.5 Å². The molecule has 3 saturated carbocycles. The Bertz CT molecular complexity index is 612. The van der Waals surface area contributed by atoms with Crippen molar-refractivity contribution in [3.63, 3.8) is 0 Å². The minimum atomic E-state index is -1.16. The summed E-state index contributed by atoms with van der Waals surface area (Å²) in [6, 6.07) is 6.57. The van der Waals surface area contributed by atoms with Gasteiger partial charge < -0.3 is 10.4 Å². The summed E-state index contributed by atoms with van der Waals surface area (Å²) < 4.78 is 0. The average Bonchev–Trinajstić information content (AvgIpc) is 2.31. The van der Waals surface area contributed by atoms with Gasteiger partial charge in [-0.1, -0.05) is 6.07 Å². The van der Waals surface area contributed by atoms with Gasteiger partial charge in [-0.2, -0.15) is 5.26 Å². The Morgan fingerprint density at radius 2 is 1.95 bits per heavy atom. The normalized spacial score (nSPS) is 30.5. The van der Waals surface area contributed by atoms with Crippen molar-refractivity contribution in [2.45, 2.75) is 24.8 Å². The molecule has 3 aliphatic rings. The van der Waals surface area contributed by atoms with Crippen LogP contribution in [0.5, 0.6) is 0 Å². The second kappa shape index (κ2) is 3.54. The number of aromatic nitrogens is 1. The molecule has 1 aromatic rings. The van der Waals surface area contributed by atoms with Crippen molar-refractivity contribution < 1.29 is 14.7 Å². The van der Waals surface area contributed by atoms with E-state index in [9.17, 15) is 9.59 Å². The molecule has 0 saturated heterocycles. The van der Waals surface area contributed by atoms with Crippen LogP contribution in [0.3, 0.4) is 0 Å². The van der Waals surface area contributed by atoms with Crippen LogP contribution in [-0.2, 0) is 0 Å². The van der Waals surface area contributed by atoms with E-state index in [1.165, 1.54) is 18.2 Å². The molecule has 2 N–H and O–H groups in total. The number of carbonyl (C=O) groups is 2. The Labute approximate surface area is 109 Å². The number of amides is 1. The van der Waals surface area contributed by atoms with Crippen molar-refractivity contribution in [1.29, 1.82) is 5.26 Å². The van der Waals surface area contributed by atoms with Gasteiger partial charge in [0, 0.05) is 5.54 Å². The van der Waals surface area contributed by atoms with Gasteiger partial charge in [-0.3, -0.25) is 4.79 Å². The van der Waals surface area contributed by atoms with Crippen LogP contribution < -0.4 is 5.32 Å². The highest BCUT2D eigenvalue weighted by atomic mass is 16.4. The maximum absolute atomic E-state index is 12.0. The van der Waals surface area contributed by atoms with Crippen molar-refractivity contribution in [2.75, 3.05) is 0 Å². The van der Waals surface area contributed by atoms with Crippen LogP contribution in [0.15, 0.2) is 18.2 Å². The number of pyridine rings is 1. The van der Waals surface area contributed by atoms with Gasteiger partial charge in [0.2, 0.25) is 0 Å². The first-order valence-corrected chi connectivity index (χ1v) is 5.92. The van der Waals surface area contributed by atoms with Crippen molar-refractivity contribution >= 4 is 11.9 Å². The predicted octanol–water partition coefficient (Wildman–Crippen LogP) is 0.956. The molecular formula is C13H11N3O3. The summed E-state index contributed by atoms with van der Waals surface area (Å²) in [6.45, 7) is 0. The molecule has 6 heteroatoms. The third-order valence-corrected chi connectivity index (χ3v) is 3.85. The van der Waals surface area contributed by atoms with Crippen molar-refractivity contribution in [3.8, 4) is 6.07 Å². The molecule has 0 aliphatic heterocycles. The largest absolute Gasteiger partial charge is 0.477 e. The van der Waals surface area contributed by atoms with Crippen molar-refractivity contribution in [1.82, 2.24) is 10.3 Å². The zero-order valence-electron chi connectivity index (χ0n) is 10.0. The van der Waals surface area contributed by atoms with Crippen molar-refractivity contribution in [3.05, 3.63) is 29.6 Å². The molecule has 6 nitrogen and oxygen atoms in total. The first kappa shape index (κ1) is 11.7. The molecule has 1 amide bonds. The van der Waals surface area contributed by atoms with Crippen LogP contribution in [0, 0.1) is 16.7 Å². The van der Waals surface area contributed by atoms with E-state index >= 15 is 0 Å². The zero-order valence-corrected chi connectivity index (χ0v) is 10.0. The summed E-state index contributed by atoms with van der Waals surface area (Å²) >= 11 is 0. The molecule has 0 unspecified atom stereocenters. The number of carboxylic acid groups (broad SMARTS) is 1. The van der Waals surface area contributed by atoms with Gasteiger partial charge >= 0.3 is 5.97 Å². The van der Waals surface area contributed by atoms with Crippen LogP contribution in [0.1, 0.15) is 40.2 Å². The fourth-order valence-corrected chi connectivity index (χ4v) is 3.02. The van der Waals surface area contributed by atoms with Gasteiger partial charge in [-0.25, -0.2) is 9.78 Å². The van der Waals surface area contributed by atoms with E-state index in [1.807, 2.05) is 0 Å². The van der Waals surface area contributed by atoms with E-state index in [1.54, 1.807) is 0 Å². The predicted molar refractivity (Wildman–Crippen MR) is 63.3 cm³/mol. The number of nitrogens with zero attached hydrogens (tertiary/aromatic N) is 2. The van der Waals surface area contributed by atoms with E-state index in [2.05, 4.69) is 16.4 Å². The fraction of sp³-hybridized carbons (Fsp3) is 0.385. The van der Waals surface area contributed by atoms with E-state index < -0.39 is 5.97 Å². The lowest BCUT2D eigenvalue weighted by atomic mass is 9.40. The number of hydrogen-bond acceptors (Lipinski definition) is 4. The van der Waals surface area contributed by atoms with Gasteiger partial charge in [-0.15, -0.1) is 0 Å². The highest BCUT2D eigenvalue weighted by molar-refractivity contribution is 5.94. The first-order valence-electron chi connectivity index (χ1n) is 5.92. The second-order valence-corrected chi connectivity index (χ2v) is 5.37. The van der Waals surface area contributed by atoms with Gasteiger partial charge in [0.25, 0.3) is 5.91 Å². The number of nitriles is 1. The summed E-state index contributed by atoms with van der Waals surface area (Å²) in [7, 11) is 0. The Hall–Kier alpha value is -2.42. The molecule has 0 spiro atoms. The van der Waals surface area contributed by atoms with E-state index in [0.29, 0.717) is 19.3 Å². The zero-order chi connectivity index (χ0) is 13.7. The highest BCUT2D eigenvalue weighted by Crippen LogP contribution is 2.66. The number of hydrogen-bond donors (Lipinski definition) is 2. The molecule has 96 valence electrons. The molecule has 3 fully saturated rings. The minimum absolute atomic E-state index is 0.0932. The smallest absolute Gasteiger partial charge is 0.354 e. The summed E-state index contributed by atoms with van der Waals surface area (Å²) in [5.74, 6) is -1.54. The van der Waals surface area contributed by atoms with Gasteiger partial charge in [0.1, 0.15) is 11.4 Å². The molecule has 3 aliphatic carbocycles. The second-order valence-electron chi connectivity index (χ2n) is 5.37. The Morgan fingerprint density at radius 1 is 1.32 bits per heavy atom. The number of carboxylic acids is 1. The number of carbonyl (C=O) groups excluding carboxylic acids is 1. The summed E-state index contributed by atoms with van der Waals surface area (Å²) in [4.78, 5) is 26.6. The first-order chi connectivity index (χ1) is 8.98. The fourth-order valence-electron chi connectivity index (χ4n) is 3.02. The van der Waals surface area contributed by atoms with Crippen molar-refractivity contribution in [2.24, 2.45) is 5.41 Å². The highest BCUT2D eigenvalue weighted by Gasteiger charge is 2.69. The number of nitrogens with one attached hydrogen (secondary N) is 1. The average molecular weight is 257 g/mol. The third kappa shape index (κ3) is 1.66. The number of aromatic carboxylic acids is 1. The molecule has 0 aromatic carbocycles. The van der Waals surface area contributed by atoms with E-state index in [4.69, 9.17) is 10.4 Å². The Balaban J connectivity index is 1.71. The topological polar surface area (TPSA) is 103 Å².